The summed E-state index contributed by atoms with van der Waals surface area (Å²) < 4.78 is 27.8. The van der Waals surface area contributed by atoms with E-state index in [0.29, 0.717) is 5.56 Å². The number of rotatable bonds is 4. The van der Waals surface area contributed by atoms with Crippen molar-refractivity contribution < 1.29 is 18.3 Å². The third-order valence-electron chi connectivity index (χ3n) is 4.36. The van der Waals surface area contributed by atoms with Crippen LogP contribution in [0, 0.1) is 6.92 Å². The number of hydrogen-bond acceptors (Lipinski definition) is 3. The van der Waals surface area contributed by atoms with Crippen LogP contribution in [0.4, 0.5) is 5.69 Å². The number of sulfonamides is 1. The summed E-state index contributed by atoms with van der Waals surface area (Å²) in [5.41, 5.74) is 3.29. The van der Waals surface area contributed by atoms with E-state index < -0.39 is 16.0 Å². The molecule has 0 atom stereocenters. The number of carbonyl (C=O) groups is 1. The van der Waals surface area contributed by atoms with Crippen LogP contribution in [0.25, 0.3) is 0 Å². The third-order valence-corrected chi connectivity index (χ3v) is 5.72. The predicted molar refractivity (Wildman–Crippen MR) is 92.0 cm³/mol. The van der Waals surface area contributed by atoms with Crippen molar-refractivity contribution in [3.8, 4) is 0 Å². The fraction of sp³-hybridized carbons (Fsp3) is 0.278. The Kier molecular flexibility index (Phi) is 4.32. The number of anilines is 1. The Bertz CT molecular complexity index is 903. The zero-order valence-corrected chi connectivity index (χ0v) is 14.2. The minimum absolute atomic E-state index is 0.0451. The Labute approximate surface area is 141 Å². The fourth-order valence-electron chi connectivity index (χ4n) is 2.95. The number of aryl methyl sites for hydroxylation is 3. The molecular formula is C18H19NO4S. The van der Waals surface area contributed by atoms with Gasteiger partial charge in [0.05, 0.1) is 16.1 Å². The monoisotopic (exact) mass is 345 g/mol. The largest absolute Gasteiger partial charge is 0.478 e. The van der Waals surface area contributed by atoms with Gasteiger partial charge in [0, 0.05) is 0 Å². The number of benzene rings is 2. The molecule has 0 spiro atoms. The van der Waals surface area contributed by atoms with E-state index in [-0.39, 0.29) is 16.1 Å². The van der Waals surface area contributed by atoms with E-state index >= 15 is 0 Å². The first-order chi connectivity index (χ1) is 11.4. The molecule has 0 saturated heterocycles. The first kappa shape index (κ1) is 16.5. The number of hydrogen-bond donors (Lipinski definition) is 2. The van der Waals surface area contributed by atoms with Crippen molar-refractivity contribution in [3.05, 3.63) is 58.7 Å². The maximum atomic E-state index is 12.7. The lowest BCUT2D eigenvalue weighted by Gasteiger charge is -2.17. The Morgan fingerprint density at radius 3 is 2.46 bits per heavy atom. The molecule has 0 fully saturated rings. The van der Waals surface area contributed by atoms with Crippen LogP contribution in [0.5, 0.6) is 0 Å². The molecule has 0 bridgehead atoms. The van der Waals surface area contributed by atoms with Gasteiger partial charge in [0.25, 0.3) is 10.0 Å². The first-order valence-corrected chi connectivity index (χ1v) is 9.34. The van der Waals surface area contributed by atoms with Crippen LogP contribution in [0.2, 0.25) is 0 Å². The van der Waals surface area contributed by atoms with Gasteiger partial charge in [0.2, 0.25) is 0 Å². The average Bonchev–Trinajstić information content (AvgIpc) is 2.56. The minimum atomic E-state index is -3.75. The summed E-state index contributed by atoms with van der Waals surface area (Å²) in [6, 6.07) is 9.61. The molecule has 2 N–H and O–H groups in total. The molecule has 5 nitrogen and oxygen atoms in total. The molecule has 1 aliphatic rings. The van der Waals surface area contributed by atoms with E-state index in [2.05, 4.69) is 4.72 Å². The molecule has 0 radical (unpaired) electrons. The van der Waals surface area contributed by atoms with Crippen LogP contribution in [-0.4, -0.2) is 19.5 Å². The molecule has 126 valence electrons. The highest BCUT2D eigenvalue weighted by Crippen LogP contribution is 2.26. The molecular weight excluding hydrogens is 326 g/mol. The molecule has 0 amide bonds. The molecule has 3 rings (SSSR count). The number of carboxylic acids is 1. The standard InChI is InChI=1S/C18H19NO4S/c1-12-6-7-15(18(20)21)11-17(12)19-24(22,23)16-9-8-13-4-2-3-5-14(13)10-16/h6-11,19H,2-5H2,1H3,(H,20,21). The topological polar surface area (TPSA) is 83.5 Å². The molecule has 2 aromatic rings. The second-order valence-corrected chi connectivity index (χ2v) is 7.76. The number of carboxylic acid groups (broad SMARTS) is 1. The highest BCUT2D eigenvalue weighted by atomic mass is 32.2. The van der Waals surface area contributed by atoms with E-state index in [9.17, 15) is 13.2 Å². The van der Waals surface area contributed by atoms with Crippen LogP contribution >= 0.6 is 0 Å². The van der Waals surface area contributed by atoms with Crippen molar-refractivity contribution >= 4 is 21.7 Å². The van der Waals surface area contributed by atoms with Crippen molar-refractivity contribution in [1.82, 2.24) is 0 Å². The lowest BCUT2D eigenvalue weighted by Crippen LogP contribution is -2.15. The molecule has 0 unspecified atom stereocenters. The number of fused-ring (bicyclic) bond motifs is 1. The van der Waals surface area contributed by atoms with Crippen LogP contribution in [0.1, 0.15) is 39.9 Å². The minimum Gasteiger partial charge on any atom is -0.478 e. The highest BCUT2D eigenvalue weighted by Gasteiger charge is 2.19. The zero-order valence-electron chi connectivity index (χ0n) is 13.4. The molecule has 0 aromatic heterocycles. The van der Waals surface area contributed by atoms with Gasteiger partial charge in [-0.25, -0.2) is 13.2 Å². The summed E-state index contributed by atoms with van der Waals surface area (Å²) in [7, 11) is -3.75. The summed E-state index contributed by atoms with van der Waals surface area (Å²) in [4.78, 5) is 11.3. The molecule has 0 heterocycles. The fourth-order valence-corrected chi connectivity index (χ4v) is 4.12. The SMILES string of the molecule is Cc1ccc(C(=O)O)cc1NS(=O)(=O)c1ccc2c(c1)CCCC2. The Morgan fingerprint density at radius 1 is 1.04 bits per heavy atom. The van der Waals surface area contributed by atoms with Gasteiger partial charge in [-0.3, -0.25) is 4.72 Å². The van der Waals surface area contributed by atoms with Gasteiger partial charge in [-0.15, -0.1) is 0 Å². The molecule has 0 aliphatic heterocycles. The van der Waals surface area contributed by atoms with Gasteiger partial charge >= 0.3 is 5.97 Å². The zero-order chi connectivity index (χ0) is 17.3. The molecule has 0 saturated carbocycles. The molecule has 6 heteroatoms. The van der Waals surface area contributed by atoms with Crippen molar-refractivity contribution in [2.24, 2.45) is 0 Å². The third kappa shape index (κ3) is 3.28. The normalized spacial score (nSPS) is 14.0. The van der Waals surface area contributed by atoms with Crippen LogP contribution in [0.15, 0.2) is 41.3 Å². The van der Waals surface area contributed by atoms with E-state index in [4.69, 9.17) is 5.11 Å². The van der Waals surface area contributed by atoms with Crippen molar-refractivity contribution in [2.75, 3.05) is 4.72 Å². The highest BCUT2D eigenvalue weighted by molar-refractivity contribution is 7.92. The number of aromatic carboxylic acids is 1. The van der Waals surface area contributed by atoms with Crippen molar-refractivity contribution in [3.63, 3.8) is 0 Å². The molecule has 2 aromatic carbocycles. The second-order valence-electron chi connectivity index (χ2n) is 6.08. The van der Waals surface area contributed by atoms with E-state index in [1.165, 1.54) is 17.7 Å². The Balaban J connectivity index is 1.94. The van der Waals surface area contributed by atoms with Gasteiger partial charge in [0.1, 0.15) is 0 Å². The summed E-state index contributed by atoms with van der Waals surface area (Å²) >= 11 is 0. The maximum Gasteiger partial charge on any atom is 0.335 e. The van der Waals surface area contributed by atoms with Crippen LogP contribution < -0.4 is 4.72 Å². The summed E-state index contributed by atoms with van der Waals surface area (Å²) in [6.07, 6.45) is 4.09. The Morgan fingerprint density at radius 2 is 1.75 bits per heavy atom. The molecule has 24 heavy (non-hydrogen) atoms. The predicted octanol–water partition coefficient (Wildman–Crippen LogP) is 3.37. The lowest BCUT2D eigenvalue weighted by molar-refractivity contribution is 0.0697. The van der Waals surface area contributed by atoms with Gasteiger partial charge in [-0.2, -0.15) is 0 Å². The second kappa shape index (κ2) is 6.28. The van der Waals surface area contributed by atoms with Crippen LogP contribution in [0.3, 0.4) is 0 Å². The summed E-state index contributed by atoms with van der Waals surface area (Å²) in [5, 5.41) is 9.07. The smallest absolute Gasteiger partial charge is 0.335 e. The molecule has 1 aliphatic carbocycles. The quantitative estimate of drug-likeness (QED) is 0.890. The summed E-state index contributed by atoms with van der Waals surface area (Å²) in [5.74, 6) is -1.09. The van der Waals surface area contributed by atoms with Gasteiger partial charge in [-0.1, -0.05) is 12.1 Å². The van der Waals surface area contributed by atoms with E-state index in [0.717, 1.165) is 31.2 Å². The van der Waals surface area contributed by atoms with Gasteiger partial charge in [-0.05, 0) is 73.6 Å². The Hall–Kier alpha value is -2.34. The number of nitrogens with one attached hydrogen (secondary N) is 1. The van der Waals surface area contributed by atoms with Crippen LogP contribution in [-0.2, 0) is 22.9 Å². The van der Waals surface area contributed by atoms with Crippen molar-refractivity contribution in [1.29, 1.82) is 0 Å². The summed E-state index contributed by atoms with van der Waals surface area (Å²) in [6.45, 7) is 1.73. The van der Waals surface area contributed by atoms with Crippen molar-refractivity contribution in [2.45, 2.75) is 37.5 Å². The van der Waals surface area contributed by atoms with Gasteiger partial charge in [0.15, 0.2) is 0 Å². The van der Waals surface area contributed by atoms with Gasteiger partial charge < -0.3 is 5.11 Å². The van der Waals surface area contributed by atoms with E-state index in [1.807, 2.05) is 6.07 Å². The van der Waals surface area contributed by atoms with E-state index in [1.54, 1.807) is 25.1 Å². The maximum absolute atomic E-state index is 12.7. The lowest BCUT2D eigenvalue weighted by atomic mass is 9.92. The first-order valence-electron chi connectivity index (χ1n) is 7.85. The average molecular weight is 345 g/mol.